The molecule has 2 amide bonds. The monoisotopic (exact) mass is 360 g/mol. The van der Waals surface area contributed by atoms with Gasteiger partial charge in [-0.25, -0.2) is 0 Å². The highest BCUT2D eigenvalue weighted by molar-refractivity contribution is 5.91. The van der Waals surface area contributed by atoms with Crippen molar-refractivity contribution >= 4 is 17.8 Å². The molecule has 0 saturated carbocycles. The molecule has 0 saturated heterocycles. The lowest BCUT2D eigenvalue weighted by molar-refractivity contribution is -0.394. The third-order valence-electron chi connectivity index (χ3n) is 3.00. The summed E-state index contributed by atoms with van der Waals surface area (Å²) in [5.41, 5.74) is 0. The number of ether oxygens (including phenoxy) is 1. The maximum atomic E-state index is 12.2. The van der Waals surface area contributed by atoms with E-state index in [0.717, 1.165) is 9.58 Å². The first kappa shape index (κ1) is 20.4. The average Bonchev–Trinajstić information content (AvgIpc) is 2.99. The Morgan fingerprint density at radius 2 is 2.00 bits per heavy atom. The minimum atomic E-state index is -0.883. The number of nitrogens with one attached hydrogen (secondary N) is 1. The molecule has 0 aliphatic heterocycles. The van der Waals surface area contributed by atoms with Crippen LogP contribution in [0.1, 0.15) is 10.6 Å². The zero-order valence-corrected chi connectivity index (χ0v) is 13.6. The molecule has 0 aromatic carbocycles. The van der Waals surface area contributed by atoms with Crippen LogP contribution in [0.4, 0.5) is 5.95 Å². The highest BCUT2D eigenvalue weighted by Gasteiger charge is 2.29. The summed E-state index contributed by atoms with van der Waals surface area (Å²) >= 11 is 0. The van der Waals surface area contributed by atoms with Gasteiger partial charge in [0.1, 0.15) is 6.54 Å². The van der Waals surface area contributed by atoms with Gasteiger partial charge in [0, 0.05) is 31.8 Å². The molecule has 140 valence electrons. The van der Waals surface area contributed by atoms with E-state index in [9.17, 15) is 19.7 Å². The summed E-state index contributed by atoms with van der Waals surface area (Å²) < 4.78 is 5.59. The van der Waals surface area contributed by atoms with Crippen molar-refractivity contribution < 1.29 is 29.5 Å². The van der Waals surface area contributed by atoms with Crippen molar-refractivity contribution in [2.75, 3.05) is 46.6 Å². The summed E-state index contributed by atoms with van der Waals surface area (Å²) in [6.07, 6.45) is 0. The van der Waals surface area contributed by atoms with Gasteiger partial charge in [0.05, 0.1) is 19.8 Å². The highest BCUT2D eigenvalue weighted by Crippen LogP contribution is 2.07. The standard InChI is InChI=1S/C12H20N6O7/c1-25-7-2-13-11(22)10-14-12(18(23)24)15-17(10)8-9(21)16(3-5-19)4-6-20/h19-20H,2-8H2,1H3,(H,13,22). The number of aliphatic hydroxyl groups is 2. The van der Waals surface area contributed by atoms with Crippen LogP contribution in [0.2, 0.25) is 0 Å². The predicted molar refractivity (Wildman–Crippen MR) is 81.6 cm³/mol. The molecular formula is C12H20N6O7. The van der Waals surface area contributed by atoms with Crippen LogP contribution in [0.15, 0.2) is 0 Å². The molecule has 13 heteroatoms. The van der Waals surface area contributed by atoms with E-state index in [-0.39, 0.29) is 39.5 Å². The van der Waals surface area contributed by atoms with E-state index in [1.165, 1.54) is 7.11 Å². The summed E-state index contributed by atoms with van der Waals surface area (Å²) in [7, 11) is 1.44. The third-order valence-corrected chi connectivity index (χ3v) is 3.00. The van der Waals surface area contributed by atoms with Crippen molar-refractivity contribution in [3.05, 3.63) is 15.9 Å². The minimum Gasteiger partial charge on any atom is -0.395 e. The van der Waals surface area contributed by atoms with Crippen molar-refractivity contribution in [1.82, 2.24) is 25.0 Å². The Labute approximate surface area is 142 Å². The van der Waals surface area contributed by atoms with E-state index in [0.29, 0.717) is 0 Å². The number of nitro groups is 1. The highest BCUT2D eigenvalue weighted by atomic mass is 16.6. The fourth-order valence-electron chi connectivity index (χ4n) is 1.86. The second-order valence-electron chi connectivity index (χ2n) is 4.73. The Kier molecular flexibility index (Phi) is 8.38. The summed E-state index contributed by atoms with van der Waals surface area (Å²) in [6, 6.07) is 0. The van der Waals surface area contributed by atoms with Crippen LogP contribution in [-0.4, -0.2) is 93.2 Å². The van der Waals surface area contributed by atoms with Crippen molar-refractivity contribution in [3.8, 4) is 0 Å². The van der Waals surface area contributed by atoms with Gasteiger partial charge >= 0.3 is 17.7 Å². The zero-order valence-electron chi connectivity index (χ0n) is 13.6. The lowest BCUT2D eigenvalue weighted by atomic mass is 10.4. The Hall–Kier alpha value is -2.64. The van der Waals surface area contributed by atoms with Crippen molar-refractivity contribution in [3.63, 3.8) is 0 Å². The Morgan fingerprint density at radius 3 is 2.52 bits per heavy atom. The molecule has 0 unspecified atom stereocenters. The van der Waals surface area contributed by atoms with E-state index in [4.69, 9.17) is 14.9 Å². The molecule has 0 bridgehead atoms. The van der Waals surface area contributed by atoms with Crippen LogP contribution in [0, 0.1) is 10.1 Å². The number of rotatable bonds is 11. The topological polar surface area (TPSA) is 173 Å². The van der Waals surface area contributed by atoms with Gasteiger partial charge in [0.15, 0.2) is 0 Å². The first-order chi connectivity index (χ1) is 11.9. The Bertz CT molecular complexity index is 599. The molecule has 13 nitrogen and oxygen atoms in total. The number of hydrogen-bond acceptors (Lipinski definition) is 9. The molecule has 0 fully saturated rings. The molecule has 25 heavy (non-hydrogen) atoms. The molecule has 1 aromatic rings. The minimum absolute atomic E-state index is 0.0362. The lowest BCUT2D eigenvalue weighted by Crippen LogP contribution is -2.39. The summed E-state index contributed by atoms with van der Waals surface area (Å²) in [4.78, 5) is 38.9. The number of carbonyl (C=O) groups is 2. The van der Waals surface area contributed by atoms with Gasteiger partial charge in [-0.15, -0.1) is 0 Å². The van der Waals surface area contributed by atoms with E-state index < -0.39 is 35.1 Å². The maximum absolute atomic E-state index is 12.2. The van der Waals surface area contributed by atoms with Crippen LogP contribution in [0.25, 0.3) is 0 Å². The smallest absolute Gasteiger partial charge is 0.395 e. The molecule has 1 aromatic heterocycles. The largest absolute Gasteiger partial charge is 0.491 e. The van der Waals surface area contributed by atoms with Gasteiger partial charge in [-0.2, -0.15) is 4.68 Å². The Balaban J connectivity index is 2.97. The first-order valence-electron chi connectivity index (χ1n) is 7.30. The van der Waals surface area contributed by atoms with Crippen LogP contribution in [0.5, 0.6) is 0 Å². The molecule has 0 spiro atoms. The zero-order chi connectivity index (χ0) is 18.8. The maximum Gasteiger partial charge on any atom is 0.491 e. The summed E-state index contributed by atoms with van der Waals surface area (Å²) in [6.45, 7) is -0.862. The predicted octanol–water partition coefficient (Wildman–Crippen LogP) is -2.62. The fourth-order valence-corrected chi connectivity index (χ4v) is 1.86. The van der Waals surface area contributed by atoms with Crippen LogP contribution >= 0.6 is 0 Å². The SMILES string of the molecule is COCCNC(=O)c1nc([N+](=O)[O-])nn1CC(=O)N(CCO)CCO. The van der Waals surface area contributed by atoms with Crippen molar-refractivity contribution in [1.29, 1.82) is 0 Å². The number of nitrogens with zero attached hydrogens (tertiary/aromatic N) is 5. The average molecular weight is 360 g/mol. The van der Waals surface area contributed by atoms with Gasteiger partial charge in [0.25, 0.3) is 0 Å². The van der Waals surface area contributed by atoms with Gasteiger partial charge in [-0.3, -0.25) is 9.59 Å². The van der Waals surface area contributed by atoms with Crippen LogP contribution < -0.4 is 5.32 Å². The molecular weight excluding hydrogens is 340 g/mol. The molecule has 3 N–H and O–H groups in total. The van der Waals surface area contributed by atoms with Crippen LogP contribution in [-0.2, 0) is 16.1 Å². The number of aromatic nitrogens is 3. The summed E-state index contributed by atoms with van der Waals surface area (Å²) in [5, 5.41) is 34.7. The van der Waals surface area contributed by atoms with E-state index >= 15 is 0 Å². The van der Waals surface area contributed by atoms with E-state index in [2.05, 4.69) is 15.4 Å². The first-order valence-corrected chi connectivity index (χ1v) is 7.30. The number of methoxy groups -OCH3 is 1. The molecule has 0 aliphatic carbocycles. The quantitative estimate of drug-likeness (QED) is 0.217. The molecule has 0 radical (unpaired) electrons. The van der Waals surface area contributed by atoms with Crippen LogP contribution in [0.3, 0.4) is 0 Å². The molecule has 0 aliphatic rings. The van der Waals surface area contributed by atoms with Gasteiger partial charge < -0.3 is 35.3 Å². The number of aliphatic hydroxyl groups excluding tert-OH is 2. The molecule has 1 heterocycles. The van der Waals surface area contributed by atoms with Crippen molar-refractivity contribution in [2.45, 2.75) is 6.54 Å². The number of carbonyl (C=O) groups excluding carboxylic acids is 2. The number of amides is 2. The second-order valence-corrected chi connectivity index (χ2v) is 4.73. The van der Waals surface area contributed by atoms with E-state index in [1.54, 1.807) is 0 Å². The van der Waals surface area contributed by atoms with Gasteiger partial charge in [-0.1, -0.05) is 0 Å². The lowest BCUT2D eigenvalue weighted by Gasteiger charge is -2.20. The van der Waals surface area contributed by atoms with Gasteiger partial charge in [0.2, 0.25) is 5.91 Å². The fraction of sp³-hybridized carbons (Fsp3) is 0.667. The third kappa shape index (κ3) is 6.06. The summed E-state index contributed by atoms with van der Waals surface area (Å²) in [5.74, 6) is -2.56. The van der Waals surface area contributed by atoms with E-state index in [1.807, 2.05) is 0 Å². The molecule has 0 atom stereocenters. The van der Waals surface area contributed by atoms with Gasteiger partial charge in [-0.05, 0) is 9.91 Å². The molecule has 1 rings (SSSR count). The Morgan fingerprint density at radius 1 is 1.36 bits per heavy atom. The number of hydrogen-bond donors (Lipinski definition) is 3. The second kappa shape index (κ2) is 10.3. The normalized spacial score (nSPS) is 10.5. The van der Waals surface area contributed by atoms with Crippen molar-refractivity contribution in [2.24, 2.45) is 0 Å².